The lowest BCUT2D eigenvalue weighted by Crippen LogP contribution is -2.34. The quantitative estimate of drug-likeness (QED) is 0.633. The molecule has 0 saturated carbocycles. The summed E-state index contributed by atoms with van der Waals surface area (Å²) in [7, 11) is 0. The average molecular weight is 184 g/mol. The largest absolute Gasteiger partial charge is 0.356 e. The summed E-state index contributed by atoms with van der Waals surface area (Å²) in [6.07, 6.45) is 2.22. The van der Waals surface area contributed by atoms with Crippen LogP contribution in [0.1, 0.15) is 26.7 Å². The Morgan fingerprint density at radius 2 is 2.31 bits per heavy atom. The topological polar surface area (TPSA) is 41.1 Å². The van der Waals surface area contributed by atoms with E-state index in [0.717, 1.165) is 32.5 Å². The van der Waals surface area contributed by atoms with Crippen LogP contribution >= 0.6 is 0 Å². The molecule has 76 valence electrons. The van der Waals surface area contributed by atoms with Crippen LogP contribution in [0.2, 0.25) is 0 Å². The van der Waals surface area contributed by atoms with Crippen LogP contribution in [0.5, 0.6) is 0 Å². The van der Waals surface area contributed by atoms with Gasteiger partial charge >= 0.3 is 0 Å². The number of unbranched alkanes of at least 4 members (excludes halogenated alkanes) is 1. The van der Waals surface area contributed by atoms with Gasteiger partial charge in [0.25, 0.3) is 0 Å². The van der Waals surface area contributed by atoms with E-state index in [9.17, 15) is 4.79 Å². The number of amides is 1. The van der Waals surface area contributed by atoms with Crippen LogP contribution < -0.4 is 10.6 Å². The maximum atomic E-state index is 11.6. The normalized spacial score (nSPS) is 27.5. The summed E-state index contributed by atoms with van der Waals surface area (Å²) in [5, 5.41) is 6.21. The second-order valence-corrected chi connectivity index (χ2v) is 3.89. The van der Waals surface area contributed by atoms with E-state index in [0.29, 0.717) is 5.92 Å². The Labute approximate surface area is 80.3 Å². The number of carbonyl (C=O) groups excluding carboxylic acids is 1. The molecule has 1 amide bonds. The molecule has 1 rings (SSSR count). The van der Waals surface area contributed by atoms with Crippen molar-refractivity contribution < 1.29 is 4.79 Å². The molecule has 0 unspecified atom stereocenters. The highest BCUT2D eigenvalue weighted by atomic mass is 16.1. The number of carbonyl (C=O) groups is 1. The maximum absolute atomic E-state index is 11.6. The van der Waals surface area contributed by atoms with Crippen LogP contribution in [-0.2, 0) is 4.79 Å². The molecule has 0 aromatic rings. The van der Waals surface area contributed by atoms with E-state index in [4.69, 9.17) is 0 Å². The van der Waals surface area contributed by atoms with Crippen molar-refractivity contribution in [1.82, 2.24) is 10.6 Å². The Bertz CT molecular complexity index is 170. The second-order valence-electron chi connectivity index (χ2n) is 3.89. The standard InChI is InChI=1S/C10H20N2O/c1-3-4-5-12-10(13)9-7-11-6-8(9)2/h8-9,11H,3-7H2,1-2H3,(H,12,13)/t8-,9-/m1/s1. The third kappa shape index (κ3) is 2.99. The third-order valence-electron chi connectivity index (χ3n) is 2.68. The fraction of sp³-hybridized carbons (Fsp3) is 0.900. The minimum absolute atomic E-state index is 0.192. The lowest BCUT2D eigenvalue weighted by atomic mass is 9.97. The summed E-state index contributed by atoms with van der Waals surface area (Å²) < 4.78 is 0. The molecule has 1 fully saturated rings. The van der Waals surface area contributed by atoms with Crippen LogP contribution in [0.15, 0.2) is 0 Å². The van der Waals surface area contributed by atoms with Crippen LogP contribution in [0.25, 0.3) is 0 Å². The van der Waals surface area contributed by atoms with Gasteiger partial charge in [-0.05, 0) is 18.9 Å². The van der Waals surface area contributed by atoms with Crippen molar-refractivity contribution in [2.75, 3.05) is 19.6 Å². The van der Waals surface area contributed by atoms with E-state index in [1.807, 2.05) is 0 Å². The molecule has 0 bridgehead atoms. The van der Waals surface area contributed by atoms with Crippen LogP contribution in [0.3, 0.4) is 0 Å². The Hall–Kier alpha value is -0.570. The zero-order chi connectivity index (χ0) is 9.68. The summed E-state index contributed by atoms with van der Waals surface area (Å²) in [6.45, 7) is 6.92. The second kappa shape index (κ2) is 5.22. The first-order chi connectivity index (χ1) is 6.25. The number of nitrogens with one attached hydrogen (secondary N) is 2. The van der Waals surface area contributed by atoms with E-state index < -0.39 is 0 Å². The van der Waals surface area contributed by atoms with Crippen LogP contribution in [-0.4, -0.2) is 25.5 Å². The highest BCUT2D eigenvalue weighted by Gasteiger charge is 2.28. The molecule has 0 aromatic heterocycles. The van der Waals surface area contributed by atoms with Gasteiger partial charge in [0.05, 0.1) is 5.92 Å². The Kier molecular flexibility index (Phi) is 4.22. The van der Waals surface area contributed by atoms with Gasteiger partial charge in [0, 0.05) is 13.1 Å². The minimum atomic E-state index is 0.192. The van der Waals surface area contributed by atoms with Crippen molar-refractivity contribution in [3.05, 3.63) is 0 Å². The summed E-state index contributed by atoms with van der Waals surface area (Å²) in [5.41, 5.74) is 0. The van der Waals surface area contributed by atoms with Gasteiger partial charge in [-0.25, -0.2) is 0 Å². The molecule has 1 aliphatic heterocycles. The Morgan fingerprint density at radius 1 is 1.54 bits per heavy atom. The Balaban J connectivity index is 2.22. The van der Waals surface area contributed by atoms with Gasteiger partial charge in [-0.3, -0.25) is 4.79 Å². The van der Waals surface area contributed by atoms with Crippen molar-refractivity contribution in [3.8, 4) is 0 Å². The van der Waals surface area contributed by atoms with Gasteiger partial charge in [0.1, 0.15) is 0 Å². The SMILES string of the molecule is CCCCNC(=O)[C@@H]1CNC[C@H]1C. The molecular weight excluding hydrogens is 164 g/mol. The third-order valence-corrected chi connectivity index (χ3v) is 2.68. The van der Waals surface area contributed by atoms with E-state index in [2.05, 4.69) is 24.5 Å². The predicted molar refractivity (Wildman–Crippen MR) is 53.4 cm³/mol. The number of hydrogen-bond donors (Lipinski definition) is 2. The van der Waals surface area contributed by atoms with E-state index >= 15 is 0 Å². The summed E-state index contributed by atoms with van der Waals surface area (Å²) >= 11 is 0. The number of rotatable bonds is 4. The first-order valence-corrected chi connectivity index (χ1v) is 5.24. The van der Waals surface area contributed by atoms with Gasteiger partial charge in [-0.1, -0.05) is 20.3 Å². The molecule has 3 nitrogen and oxygen atoms in total. The monoisotopic (exact) mass is 184 g/mol. The van der Waals surface area contributed by atoms with Gasteiger partial charge in [-0.15, -0.1) is 0 Å². The fourth-order valence-electron chi connectivity index (χ4n) is 1.68. The summed E-state index contributed by atoms with van der Waals surface area (Å²) in [4.78, 5) is 11.6. The first kappa shape index (κ1) is 10.5. The lowest BCUT2D eigenvalue weighted by Gasteiger charge is -2.13. The van der Waals surface area contributed by atoms with Gasteiger partial charge < -0.3 is 10.6 Å². The maximum Gasteiger partial charge on any atom is 0.224 e. The molecule has 0 radical (unpaired) electrons. The average Bonchev–Trinajstić information content (AvgIpc) is 2.52. The van der Waals surface area contributed by atoms with Gasteiger partial charge in [0.2, 0.25) is 5.91 Å². The fourth-order valence-corrected chi connectivity index (χ4v) is 1.68. The predicted octanol–water partition coefficient (Wildman–Crippen LogP) is 0.758. The van der Waals surface area contributed by atoms with E-state index in [-0.39, 0.29) is 11.8 Å². The molecular formula is C10H20N2O. The Morgan fingerprint density at radius 3 is 2.85 bits per heavy atom. The number of hydrogen-bond acceptors (Lipinski definition) is 2. The van der Waals surface area contributed by atoms with Crippen molar-refractivity contribution in [3.63, 3.8) is 0 Å². The molecule has 1 heterocycles. The molecule has 2 N–H and O–H groups in total. The van der Waals surface area contributed by atoms with Crippen molar-refractivity contribution >= 4 is 5.91 Å². The molecule has 1 saturated heterocycles. The molecule has 1 aliphatic rings. The van der Waals surface area contributed by atoms with Gasteiger partial charge in [-0.2, -0.15) is 0 Å². The smallest absolute Gasteiger partial charge is 0.224 e. The van der Waals surface area contributed by atoms with Gasteiger partial charge in [0.15, 0.2) is 0 Å². The summed E-state index contributed by atoms with van der Waals surface area (Å²) in [5.74, 6) is 0.907. The lowest BCUT2D eigenvalue weighted by molar-refractivity contribution is -0.125. The molecule has 0 spiro atoms. The molecule has 2 atom stereocenters. The zero-order valence-corrected chi connectivity index (χ0v) is 8.60. The highest BCUT2D eigenvalue weighted by Crippen LogP contribution is 2.15. The van der Waals surface area contributed by atoms with E-state index in [1.165, 1.54) is 0 Å². The minimum Gasteiger partial charge on any atom is -0.356 e. The molecule has 0 aliphatic carbocycles. The van der Waals surface area contributed by atoms with Crippen molar-refractivity contribution in [1.29, 1.82) is 0 Å². The molecule has 0 aromatic carbocycles. The molecule has 3 heteroatoms. The highest BCUT2D eigenvalue weighted by molar-refractivity contribution is 5.79. The summed E-state index contributed by atoms with van der Waals surface area (Å²) in [6, 6.07) is 0. The molecule has 13 heavy (non-hydrogen) atoms. The van der Waals surface area contributed by atoms with Crippen molar-refractivity contribution in [2.24, 2.45) is 11.8 Å². The zero-order valence-electron chi connectivity index (χ0n) is 8.60. The first-order valence-electron chi connectivity index (χ1n) is 5.24. The van der Waals surface area contributed by atoms with Crippen LogP contribution in [0, 0.1) is 11.8 Å². The van der Waals surface area contributed by atoms with Crippen molar-refractivity contribution in [2.45, 2.75) is 26.7 Å². The van der Waals surface area contributed by atoms with E-state index in [1.54, 1.807) is 0 Å². The van der Waals surface area contributed by atoms with Crippen LogP contribution in [0.4, 0.5) is 0 Å².